The van der Waals surface area contributed by atoms with Crippen molar-refractivity contribution in [1.82, 2.24) is 4.90 Å². The molecule has 0 saturated heterocycles. The number of hydrogen-bond donors (Lipinski definition) is 0. The van der Waals surface area contributed by atoms with E-state index in [1.807, 2.05) is 0 Å². The SMILES string of the molecule is CCc1ccccc1C(CC)(CC)N(C)C. The van der Waals surface area contributed by atoms with E-state index in [0.29, 0.717) is 0 Å². The molecule has 1 rings (SSSR count). The molecule has 0 aliphatic carbocycles. The first-order chi connectivity index (χ1) is 7.62. The molecular weight excluding hydrogens is 194 g/mol. The Morgan fingerprint density at radius 1 is 1.00 bits per heavy atom. The molecule has 0 unspecified atom stereocenters. The van der Waals surface area contributed by atoms with E-state index in [9.17, 15) is 0 Å². The molecule has 1 aromatic rings. The third kappa shape index (κ3) is 2.15. The molecule has 1 aromatic carbocycles. The van der Waals surface area contributed by atoms with Crippen molar-refractivity contribution in [3.05, 3.63) is 35.4 Å². The fraction of sp³-hybridized carbons (Fsp3) is 0.600. The molecule has 0 aromatic heterocycles. The quantitative estimate of drug-likeness (QED) is 0.727. The van der Waals surface area contributed by atoms with Crippen molar-refractivity contribution in [3.8, 4) is 0 Å². The lowest BCUT2D eigenvalue weighted by Gasteiger charge is -2.40. The van der Waals surface area contributed by atoms with Gasteiger partial charge in [0.25, 0.3) is 0 Å². The lowest BCUT2D eigenvalue weighted by Crippen LogP contribution is -2.41. The number of aryl methyl sites for hydroxylation is 1. The zero-order chi connectivity index (χ0) is 12.2. The van der Waals surface area contributed by atoms with Gasteiger partial charge in [0.15, 0.2) is 0 Å². The maximum Gasteiger partial charge on any atom is 0.0452 e. The molecule has 0 aliphatic heterocycles. The molecule has 0 saturated carbocycles. The average molecular weight is 219 g/mol. The van der Waals surface area contributed by atoms with Crippen molar-refractivity contribution in [2.75, 3.05) is 14.1 Å². The highest BCUT2D eigenvalue weighted by atomic mass is 15.1. The summed E-state index contributed by atoms with van der Waals surface area (Å²) in [6.07, 6.45) is 3.44. The minimum atomic E-state index is 0.201. The summed E-state index contributed by atoms with van der Waals surface area (Å²) in [7, 11) is 4.39. The van der Waals surface area contributed by atoms with Crippen molar-refractivity contribution in [1.29, 1.82) is 0 Å². The highest BCUT2D eigenvalue weighted by Crippen LogP contribution is 2.35. The highest BCUT2D eigenvalue weighted by molar-refractivity contribution is 5.33. The van der Waals surface area contributed by atoms with Crippen molar-refractivity contribution >= 4 is 0 Å². The molecule has 1 heteroatoms. The predicted octanol–water partition coefficient (Wildman–Crippen LogP) is 3.83. The maximum absolute atomic E-state index is 2.38. The van der Waals surface area contributed by atoms with Gasteiger partial charge in [-0.05, 0) is 44.5 Å². The van der Waals surface area contributed by atoms with E-state index in [1.165, 1.54) is 11.1 Å². The number of hydrogen-bond acceptors (Lipinski definition) is 1. The lowest BCUT2D eigenvalue weighted by molar-refractivity contribution is 0.137. The Morgan fingerprint density at radius 3 is 2.00 bits per heavy atom. The smallest absolute Gasteiger partial charge is 0.0452 e. The van der Waals surface area contributed by atoms with Gasteiger partial charge in [0.1, 0.15) is 0 Å². The molecule has 90 valence electrons. The molecule has 0 aliphatic rings. The molecule has 0 radical (unpaired) electrons. The summed E-state index contributed by atoms with van der Waals surface area (Å²) < 4.78 is 0. The monoisotopic (exact) mass is 219 g/mol. The van der Waals surface area contributed by atoms with E-state index in [1.54, 1.807) is 0 Å². The van der Waals surface area contributed by atoms with Gasteiger partial charge in [0, 0.05) is 5.54 Å². The van der Waals surface area contributed by atoms with E-state index < -0.39 is 0 Å². The van der Waals surface area contributed by atoms with Crippen LogP contribution in [0.15, 0.2) is 24.3 Å². The zero-order valence-corrected chi connectivity index (χ0v) is 11.4. The first-order valence-corrected chi connectivity index (χ1v) is 6.38. The summed E-state index contributed by atoms with van der Waals surface area (Å²) in [5, 5.41) is 0. The largest absolute Gasteiger partial charge is 0.300 e. The van der Waals surface area contributed by atoms with Crippen LogP contribution in [0.5, 0.6) is 0 Å². The van der Waals surface area contributed by atoms with Gasteiger partial charge in [0.2, 0.25) is 0 Å². The van der Waals surface area contributed by atoms with Crippen LogP contribution in [0, 0.1) is 0 Å². The third-order valence-corrected chi connectivity index (χ3v) is 3.93. The Hall–Kier alpha value is -0.820. The Kier molecular flexibility index (Phi) is 4.55. The minimum absolute atomic E-state index is 0.201. The van der Waals surface area contributed by atoms with E-state index in [2.05, 4.69) is 64.0 Å². The third-order valence-electron chi connectivity index (χ3n) is 3.93. The van der Waals surface area contributed by atoms with Gasteiger partial charge in [-0.2, -0.15) is 0 Å². The number of nitrogens with zero attached hydrogens (tertiary/aromatic N) is 1. The van der Waals surface area contributed by atoms with Gasteiger partial charge in [-0.15, -0.1) is 0 Å². The normalized spacial score (nSPS) is 12.1. The standard InChI is InChI=1S/C15H25N/c1-6-13-11-9-10-12-14(13)15(7-2,8-3)16(4)5/h9-12H,6-8H2,1-5H3. The maximum atomic E-state index is 2.38. The van der Waals surface area contributed by atoms with Gasteiger partial charge in [-0.3, -0.25) is 4.90 Å². The van der Waals surface area contributed by atoms with E-state index in [4.69, 9.17) is 0 Å². The Labute approximate surface area is 100 Å². The van der Waals surface area contributed by atoms with Crippen molar-refractivity contribution in [3.63, 3.8) is 0 Å². The Bertz CT molecular complexity index is 324. The van der Waals surface area contributed by atoms with Crippen molar-refractivity contribution in [2.24, 2.45) is 0 Å². The van der Waals surface area contributed by atoms with Gasteiger partial charge in [-0.25, -0.2) is 0 Å². The molecular formula is C15H25N. The van der Waals surface area contributed by atoms with Gasteiger partial charge < -0.3 is 0 Å². The highest BCUT2D eigenvalue weighted by Gasteiger charge is 2.32. The summed E-state index contributed by atoms with van der Waals surface area (Å²) in [5.74, 6) is 0. The van der Waals surface area contributed by atoms with Crippen LogP contribution in [0.2, 0.25) is 0 Å². The molecule has 1 nitrogen and oxygen atoms in total. The Morgan fingerprint density at radius 2 is 1.56 bits per heavy atom. The van der Waals surface area contributed by atoms with E-state index >= 15 is 0 Å². The van der Waals surface area contributed by atoms with Crippen LogP contribution >= 0.6 is 0 Å². The van der Waals surface area contributed by atoms with Crippen molar-refractivity contribution in [2.45, 2.75) is 45.6 Å². The van der Waals surface area contributed by atoms with Gasteiger partial charge in [-0.1, -0.05) is 45.0 Å². The molecule has 0 bridgehead atoms. The molecule has 0 fully saturated rings. The van der Waals surface area contributed by atoms with E-state index in [-0.39, 0.29) is 5.54 Å². The fourth-order valence-electron chi connectivity index (χ4n) is 2.79. The molecule has 0 heterocycles. The second-order valence-electron chi connectivity index (χ2n) is 4.64. The minimum Gasteiger partial charge on any atom is -0.300 e. The second kappa shape index (κ2) is 5.49. The van der Waals surface area contributed by atoms with Crippen LogP contribution in [0.1, 0.15) is 44.7 Å². The molecule has 0 amide bonds. The van der Waals surface area contributed by atoms with Crippen LogP contribution in [-0.4, -0.2) is 19.0 Å². The van der Waals surface area contributed by atoms with Crippen LogP contribution in [-0.2, 0) is 12.0 Å². The molecule has 0 spiro atoms. The van der Waals surface area contributed by atoms with Gasteiger partial charge >= 0.3 is 0 Å². The average Bonchev–Trinajstić information content (AvgIpc) is 2.31. The lowest BCUT2D eigenvalue weighted by atomic mass is 9.80. The number of rotatable bonds is 5. The first kappa shape index (κ1) is 13.2. The molecule has 0 atom stereocenters. The predicted molar refractivity (Wildman–Crippen MR) is 71.8 cm³/mol. The fourth-order valence-corrected chi connectivity index (χ4v) is 2.79. The molecule has 16 heavy (non-hydrogen) atoms. The van der Waals surface area contributed by atoms with Crippen molar-refractivity contribution < 1.29 is 0 Å². The van der Waals surface area contributed by atoms with Crippen LogP contribution < -0.4 is 0 Å². The van der Waals surface area contributed by atoms with E-state index in [0.717, 1.165) is 19.3 Å². The summed E-state index contributed by atoms with van der Waals surface area (Å²) >= 11 is 0. The van der Waals surface area contributed by atoms with Gasteiger partial charge in [0.05, 0.1) is 0 Å². The first-order valence-electron chi connectivity index (χ1n) is 6.38. The summed E-state index contributed by atoms with van der Waals surface area (Å²) in [5.41, 5.74) is 3.19. The summed E-state index contributed by atoms with van der Waals surface area (Å²) in [6, 6.07) is 8.87. The molecule has 0 N–H and O–H groups in total. The Balaban J connectivity index is 3.30. The van der Waals surface area contributed by atoms with Crippen LogP contribution in [0.25, 0.3) is 0 Å². The second-order valence-corrected chi connectivity index (χ2v) is 4.64. The zero-order valence-electron chi connectivity index (χ0n) is 11.4. The topological polar surface area (TPSA) is 3.24 Å². The number of benzene rings is 1. The summed E-state index contributed by atoms with van der Waals surface area (Å²) in [6.45, 7) is 6.82. The summed E-state index contributed by atoms with van der Waals surface area (Å²) in [4.78, 5) is 2.38. The van der Waals surface area contributed by atoms with Crippen LogP contribution in [0.3, 0.4) is 0 Å². The van der Waals surface area contributed by atoms with Crippen LogP contribution in [0.4, 0.5) is 0 Å².